The number of rotatable bonds is 8. The number of aryl methyl sites for hydroxylation is 3. The van der Waals surface area contributed by atoms with Crippen LogP contribution in [0.3, 0.4) is 0 Å². The monoisotopic (exact) mass is 558 g/mol. The van der Waals surface area contributed by atoms with Crippen LogP contribution in [0.25, 0.3) is 0 Å². The Kier molecular flexibility index (Phi) is 21.4. The summed E-state index contributed by atoms with van der Waals surface area (Å²) in [6.07, 6.45) is 5.57. The molecule has 1 aromatic carbocycles. The summed E-state index contributed by atoms with van der Waals surface area (Å²) in [6, 6.07) is 4.23. The lowest BCUT2D eigenvalue weighted by molar-refractivity contribution is 0.124. The summed E-state index contributed by atoms with van der Waals surface area (Å²) in [4.78, 5) is 3.85. The van der Waals surface area contributed by atoms with Crippen LogP contribution in [0.4, 0.5) is 0 Å². The zero-order chi connectivity index (χ0) is 24.1. The van der Waals surface area contributed by atoms with Crippen molar-refractivity contribution in [2.45, 2.75) is 34.6 Å². The van der Waals surface area contributed by atoms with Gasteiger partial charge in [-0.1, -0.05) is 25.8 Å². The molecule has 0 saturated carbocycles. The van der Waals surface area contributed by atoms with E-state index in [1.165, 1.54) is 37.9 Å². The highest BCUT2D eigenvalue weighted by molar-refractivity contribution is 14.2. The van der Waals surface area contributed by atoms with Crippen molar-refractivity contribution in [3.05, 3.63) is 52.9 Å². The van der Waals surface area contributed by atoms with Crippen LogP contribution >= 0.6 is 30.1 Å². The van der Waals surface area contributed by atoms with Crippen LogP contribution in [-0.4, -0.2) is 38.8 Å². The summed E-state index contributed by atoms with van der Waals surface area (Å²) in [5.74, 6) is 3.83. The van der Waals surface area contributed by atoms with Gasteiger partial charge in [0.1, 0.15) is 19.0 Å². The van der Waals surface area contributed by atoms with Gasteiger partial charge in [-0.2, -0.15) is 0 Å². The predicted octanol–water partition coefficient (Wildman–Crippen LogP) is 5.10. The first-order chi connectivity index (χ1) is 14.9. The molecule has 0 saturated heterocycles. The van der Waals surface area contributed by atoms with Gasteiger partial charge >= 0.3 is 0 Å². The van der Waals surface area contributed by atoms with Crippen LogP contribution in [0.2, 0.25) is 0 Å². The highest BCUT2D eigenvalue weighted by Gasteiger charge is 2.02. The topological polar surface area (TPSA) is 107 Å². The van der Waals surface area contributed by atoms with Crippen LogP contribution < -0.4 is 16.2 Å². The quantitative estimate of drug-likeness (QED) is 0.178. The number of hydrogen-bond acceptors (Lipinski definition) is 7. The van der Waals surface area contributed by atoms with E-state index in [0.29, 0.717) is 31.2 Å². The Balaban J connectivity index is 0. The third-order valence-corrected chi connectivity index (χ3v) is 4.51. The van der Waals surface area contributed by atoms with Gasteiger partial charge < -0.3 is 26.4 Å². The number of halogens is 1. The SMILES string of the molecule is CC.CN=C(/C=C\C=N)/C(N)=C\N.Cc1cc(C)c(OCCOCC#CSI)cc1C. The molecule has 0 atom stereocenters. The molecule has 0 fully saturated rings. The largest absolute Gasteiger partial charge is 0.491 e. The van der Waals surface area contributed by atoms with Gasteiger partial charge in [-0.25, -0.2) is 0 Å². The molecule has 8 heteroatoms. The van der Waals surface area contributed by atoms with E-state index in [2.05, 4.69) is 70.3 Å². The Morgan fingerprint density at radius 1 is 1.19 bits per heavy atom. The van der Waals surface area contributed by atoms with Crippen LogP contribution in [0.5, 0.6) is 5.75 Å². The Labute approximate surface area is 204 Å². The summed E-state index contributed by atoms with van der Waals surface area (Å²) < 4.78 is 11.0. The lowest BCUT2D eigenvalue weighted by atomic mass is 10.1. The molecule has 31 heavy (non-hydrogen) atoms. The van der Waals surface area contributed by atoms with Gasteiger partial charge in [0, 0.05) is 40.7 Å². The highest BCUT2D eigenvalue weighted by Crippen LogP contribution is 2.22. The molecule has 6 nitrogen and oxygen atoms in total. The average molecular weight is 559 g/mol. The van der Waals surface area contributed by atoms with Gasteiger partial charge in [0.05, 0.1) is 18.0 Å². The van der Waals surface area contributed by atoms with Gasteiger partial charge in [-0.15, -0.1) is 0 Å². The molecule has 0 aliphatic heterocycles. The van der Waals surface area contributed by atoms with E-state index in [0.717, 1.165) is 12.0 Å². The maximum atomic E-state index is 6.71. The molecular weight excluding hydrogens is 523 g/mol. The van der Waals surface area contributed by atoms with Crippen molar-refractivity contribution in [2.75, 3.05) is 26.9 Å². The standard InChI is InChI=1S/C14H17IO2S.C7H12N4.C2H6/c1-11-9-13(3)14(10-12(11)2)17-7-6-16-5-4-8-18-15;1-11-7(3-2-4-8)6(10)5-9;1-2/h9-10H,5-7H2,1-3H3;2-5,8H,9-10H2,1H3;1-2H3/b;3-2-,6-5+,8-4?,11-7?;. The molecule has 0 aliphatic carbocycles. The van der Waals surface area contributed by atoms with E-state index in [-0.39, 0.29) is 0 Å². The number of allylic oxidation sites excluding steroid dienone is 2. The molecule has 0 aromatic heterocycles. The van der Waals surface area contributed by atoms with Gasteiger partial charge in [0.15, 0.2) is 0 Å². The maximum absolute atomic E-state index is 6.71. The minimum atomic E-state index is 0.408. The molecule has 0 aliphatic rings. The molecule has 0 heterocycles. The molecular formula is C23H35IN4O2S. The van der Waals surface area contributed by atoms with Crippen molar-refractivity contribution in [3.8, 4) is 16.9 Å². The predicted molar refractivity (Wildman–Crippen MR) is 145 cm³/mol. The second kappa shape index (κ2) is 21.3. The van der Waals surface area contributed by atoms with Crippen molar-refractivity contribution >= 4 is 42.1 Å². The number of aliphatic imine (C=N–C) groups is 1. The van der Waals surface area contributed by atoms with Gasteiger partial charge in [0.25, 0.3) is 0 Å². The van der Waals surface area contributed by atoms with E-state index in [1.807, 2.05) is 13.8 Å². The fraction of sp³-hybridized carbons (Fsp3) is 0.391. The molecule has 5 N–H and O–H groups in total. The summed E-state index contributed by atoms with van der Waals surface area (Å²) in [6.45, 7) is 11.8. The first-order valence-corrected chi connectivity index (χ1v) is 13.1. The zero-order valence-corrected chi connectivity index (χ0v) is 22.3. The van der Waals surface area contributed by atoms with Crippen molar-refractivity contribution in [2.24, 2.45) is 16.5 Å². The molecule has 0 amide bonds. The van der Waals surface area contributed by atoms with Crippen molar-refractivity contribution in [3.63, 3.8) is 0 Å². The lowest BCUT2D eigenvalue weighted by Gasteiger charge is -2.11. The van der Waals surface area contributed by atoms with Crippen LogP contribution in [0.15, 0.2) is 41.2 Å². The normalized spacial score (nSPS) is 10.8. The van der Waals surface area contributed by atoms with Crippen LogP contribution in [0, 0.1) is 37.4 Å². The number of nitrogens with zero attached hydrogens (tertiary/aromatic N) is 1. The fourth-order valence-corrected chi connectivity index (χ4v) is 2.59. The maximum Gasteiger partial charge on any atom is 0.122 e. The lowest BCUT2D eigenvalue weighted by Crippen LogP contribution is -2.10. The van der Waals surface area contributed by atoms with E-state index >= 15 is 0 Å². The zero-order valence-electron chi connectivity index (χ0n) is 19.3. The summed E-state index contributed by atoms with van der Waals surface area (Å²) in [5.41, 5.74) is 15.3. The summed E-state index contributed by atoms with van der Waals surface area (Å²) >= 11 is 2.14. The van der Waals surface area contributed by atoms with Crippen molar-refractivity contribution < 1.29 is 9.47 Å². The van der Waals surface area contributed by atoms with E-state index < -0.39 is 0 Å². The Morgan fingerprint density at radius 3 is 2.39 bits per heavy atom. The van der Waals surface area contributed by atoms with Crippen molar-refractivity contribution in [1.82, 2.24) is 0 Å². The van der Waals surface area contributed by atoms with E-state index in [9.17, 15) is 0 Å². The molecule has 1 aromatic rings. The second-order valence-corrected chi connectivity index (χ2v) is 7.40. The Hall–Kier alpha value is -1.96. The average Bonchev–Trinajstić information content (AvgIpc) is 2.78. The summed E-state index contributed by atoms with van der Waals surface area (Å²) in [5, 5.41) is 9.58. The molecule has 172 valence electrons. The highest BCUT2D eigenvalue weighted by atomic mass is 127. The smallest absolute Gasteiger partial charge is 0.122 e. The molecule has 0 radical (unpaired) electrons. The fourth-order valence-electron chi connectivity index (χ4n) is 2.00. The molecule has 0 spiro atoms. The number of nitrogens with one attached hydrogen (secondary N) is 1. The number of benzene rings is 1. The minimum Gasteiger partial charge on any atom is -0.491 e. The van der Waals surface area contributed by atoms with Crippen LogP contribution in [0.1, 0.15) is 30.5 Å². The number of hydrogen-bond donors (Lipinski definition) is 3. The Morgan fingerprint density at radius 2 is 1.84 bits per heavy atom. The van der Waals surface area contributed by atoms with E-state index in [4.69, 9.17) is 26.4 Å². The van der Waals surface area contributed by atoms with Gasteiger partial charge in [-0.05, 0) is 69.9 Å². The van der Waals surface area contributed by atoms with Crippen molar-refractivity contribution in [1.29, 1.82) is 5.41 Å². The van der Waals surface area contributed by atoms with E-state index in [1.54, 1.807) is 13.1 Å². The summed E-state index contributed by atoms with van der Waals surface area (Å²) in [7, 11) is 3.08. The van der Waals surface area contributed by atoms with Gasteiger partial charge in [-0.3, -0.25) is 4.99 Å². The number of ether oxygens (including phenoxy) is 2. The molecule has 1 rings (SSSR count). The third-order valence-electron chi connectivity index (χ3n) is 3.63. The minimum absolute atomic E-state index is 0.408. The first-order valence-electron chi connectivity index (χ1n) is 9.76. The first kappa shape index (κ1) is 31.2. The third kappa shape index (κ3) is 15.5. The number of nitrogens with two attached hydrogens (primary N) is 2. The Bertz CT molecular complexity index is 797. The van der Waals surface area contributed by atoms with Gasteiger partial charge in [0.2, 0.25) is 0 Å². The van der Waals surface area contributed by atoms with Crippen LogP contribution in [-0.2, 0) is 4.74 Å². The molecule has 0 unspecified atom stereocenters. The second-order valence-electron chi connectivity index (χ2n) is 5.72. The molecule has 0 bridgehead atoms.